The van der Waals surface area contributed by atoms with Gasteiger partial charge < -0.3 is 15.4 Å². The molecule has 37 heavy (non-hydrogen) atoms. The average molecular weight is 497 g/mol. The third-order valence-corrected chi connectivity index (χ3v) is 7.75. The first kappa shape index (κ1) is 24.8. The van der Waals surface area contributed by atoms with Crippen molar-refractivity contribution in [1.29, 1.82) is 10.8 Å². The molecule has 3 aromatic carbocycles. The lowest BCUT2D eigenvalue weighted by atomic mass is 10.0. The van der Waals surface area contributed by atoms with E-state index in [4.69, 9.17) is 26.3 Å². The molecule has 5 rings (SSSR count). The summed E-state index contributed by atoms with van der Waals surface area (Å²) in [6.45, 7) is 10.1. The first-order chi connectivity index (χ1) is 17.8. The lowest BCUT2D eigenvalue weighted by Gasteiger charge is -2.33. The molecule has 0 aliphatic carbocycles. The van der Waals surface area contributed by atoms with Crippen molar-refractivity contribution in [2.24, 2.45) is 5.73 Å². The summed E-state index contributed by atoms with van der Waals surface area (Å²) < 4.78 is 8.77. The maximum absolute atomic E-state index is 8.05. The van der Waals surface area contributed by atoms with Crippen molar-refractivity contribution in [2.75, 3.05) is 13.1 Å². The number of nitrogens with one attached hydrogen (secondary N) is 2. The Labute approximate surface area is 218 Å². The van der Waals surface area contributed by atoms with E-state index < -0.39 is 0 Å². The summed E-state index contributed by atoms with van der Waals surface area (Å²) in [6, 6.07) is 16.3. The van der Waals surface area contributed by atoms with Crippen LogP contribution in [-0.2, 0) is 0 Å². The molecule has 0 spiro atoms. The first-order valence-corrected chi connectivity index (χ1v) is 13.1. The minimum Gasteiger partial charge on any atom is -0.490 e. The number of ether oxygens (including phenoxy) is 1. The van der Waals surface area contributed by atoms with Gasteiger partial charge in [-0.15, -0.1) is 0 Å². The van der Waals surface area contributed by atoms with E-state index in [0.29, 0.717) is 5.84 Å². The molecular weight excluding hydrogens is 460 g/mol. The van der Waals surface area contributed by atoms with Gasteiger partial charge in [-0.1, -0.05) is 38.1 Å². The van der Waals surface area contributed by atoms with Gasteiger partial charge in [-0.2, -0.15) is 0 Å². The zero-order valence-corrected chi connectivity index (χ0v) is 22.1. The summed E-state index contributed by atoms with van der Waals surface area (Å²) in [5, 5.41) is 18.0. The molecule has 1 saturated heterocycles. The molecule has 7 heteroatoms. The Bertz CT molecular complexity index is 1500. The largest absolute Gasteiger partial charge is 0.490 e. The van der Waals surface area contributed by atoms with E-state index in [0.717, 1.165) is 82.5 Å². The number of fused-ring (bicyclic) bond motifs is 2. The lowest BCUT2D eigenvalue weighted by molar-refractivity contribution is 0.130. The highest BCUT2D eigenvalue weighted by atomic mass is 16.5. The van der Waals surface area contributed by atoms with Gasteiger partial charge in [0.2, 0.25) is 0 Å². The summed E-state index contributed by atoms with van der Waals surface area (Å²) in [5.41, 5.74) is 10.8. The molecule has 1 unspecified atom stereocenters. The van der Waals surface area contributed by atoms with Crippen molar-refractivity contribution >= 4 is 33.5 Å². The van der Waals surface area contributed by atoms with Crippen LogP contribution in [0.2, 0.25) is 0 Å². The monoisotopic (exact) mass is 496 g/mol. The van der Waals surface area contributed by atoms with Gasteiger partial charge in [0.05, 0.1) is 22.6 Å². The highest BCUT2D eigenvalue weighted by molar-refractivity contribution is 6.10. The number of nitrogens with zero attached hydrogens (tertiary/aromatic N) is 3. The van der Waals surface area contributed by atoms with Crippen LogP contribution < -0.4 is 10.5 Å². The molecule has 0 amide bonds. The number of aryl methyl sites for hydroxylation is 1. The smallest absolute Gasteiger partial charge is 0.124 e. The van der Waals surface area contributed by atoms with Gasteiger partial charge in [-0.25, -0.2) is 4.98 Å². The average Bonchev–Trinajstić information content (AvgIpc) is 3.29. The number of likely N-dealkylation sites (tertiary alicyclic amines) is 1. The number of hydrogen-bond acceptors (Lipinski definition) is 4. The Hall–Kier alpha value is -3.87. The van der Waals surface area contributed by atoms with Crippen molar-refractivity contribution in [1.82, 2.24) is 14.5 Å². The van der Waals surface area contributed by atoms with Gasteiger partial charge >= 0.3 is 0 Å². The molecule has 1 atom stereocenters. The van der Waals surface area contributed by atoms with Crippen molar-refractivity contribution in [2.45, 2.75) is 59.0 Å². The Kier molecular flexibility index (Phi) is 6.63. The number of benzene rings is 3. The van der Waals surface area contributed by atoms with Crippen molar-refractivity contribution in [3.63, 3.8) is 0 Å². The van der Waals surface area contributed by atoms with Crippen molar-refractivity contribution in [3.8, 4) is 11.4 Å². The zero-order chi connectivity index (χ0) is 26.3. The van der Waals surface area contributed by atoms with E-state index in [-0.39, 0.29) is 17.9 Å². The second kappa shape index (κ2) is 9.88. The van der Waals surface area contributed by atoms with E-state index in [2.05, 4.69) is 54.5 Å². The van der Waals surface area contributed by atoms with E-state index >= 15 is 0 Å². The molecule has 0 radical (unpaired) electrons. The number of nitrogens with two attached hydrogens (primary N) is 1. The molecule has 192 valence electrons. The van der Waals surface area contributed by atoms with E-state index in [1.165, 1.54) is 0 Å². The summed E-state index contributed by atoms with van der Waals surface area (Å²) >= 11 is 0. The minimum absolute atomic E-state index is 0.0691. The molecule has 7 nitrogen and oxygen atoms in total. The van der Waals surface area contributed by atoms with Crippen LogP contribution in [0.1, 0.15) is 62.9 Å². The first-order valence-electron chi connectivity index (χ1n) is 13.1. The SMILES string of the molecule is CCC(C)c1nc2c(C)c(OC3CCN(C(C)=N)CC3)ccc2n1-c1ccc(C(=N)N)c2ccccc12. The van der Waals surface area contributed by atoms with Gasteiger partial charge in [-0.3, -0.25) is 15.4 Å². The fraction of sp³-hybridized carbons (Fsp3) is 0.367. The zero-order valence-electron chi connectivity index (χ0n) is 22.1. The Morgan fingerprint density at radius 1 is 1.08 bits per heavy atom. The molecule has 1 aromatic heterocycles. The molecule has 0 saturated carbocycles. The number of nitrogen functional groups attached to an aromatic ring is 1. The summed E-state index contributed by atoms with van der Waals surface area (Å²) in [6.07, 6.45) is 2.94. The number of amidine groups is 2. The van der Waals surface area contributed by atoms with Gasteiger partial charge in [-0.05, 0) is 49.9 Å². The summed E-state index contributed by atoms with van der Waals surface area (Å²) in [5.74, 6) is 2.86. The van der Waals surface area contributed by atoms with Crippen LogP contribution in [0.15, 0.2) is 48.5 Å². The fourth-order valence-electron chi connectivity index (χ4n) is 5.37. The van der Waals surface area contributed by atoms with Crippen LogP contribution in [0.5, 0.6) is 5.75 Å². The molecule has 4 aromatic rings. The van der Waals surface area contributed by atoms with Gasteiger partial charge in [0, 0.05) is 48.4 Å². The van der Waals surface area contributed by atoms with Crippen LogP contribution in [0, 0.1) is 17.7 Å². The number of aromatic nitrogens is 2. The minimum atomic E-state index is 0.0691. The number of hydrogen-bond donors (Lipinski definition) is 3. The van der Waals surface area contributed by atoms with Crippen LogP contribution in [0.25, 0.3) is 27.5 Å². The van der Waals surface area contributed by atoms with Gasteiger partial charge in [0.25, 0.3) is 0 Å². The Morgan fingerprint density at radius 3 is 2.43 bits per heavy atom. The van der Waals surface area contributed by atoms with Crippen LogP contribution >= 0.6 is 0 Å². The van der Waals surface area contributed by atoms with Crippen LogP contribution in [-0.4, -0.2) is 45.3 Å². The molecular formula is C30H36N6O. The topological polar surface area (TPSA) is 104 Å². The molecule has 1 aliphatic rings. The second-order valence-electron chi connectivity index (χ2n) is 10.2. The maximum atomic E-state index is 8.05. The summed E-state index contributed by atoms with van der Waals surface area (Å²) in [7, 11) is 0. The van der Waals surface area contributed by atoms with E-state index in [9.17, 15) is 0 Å². The Balaban J connectivity index is 1.61. The fourth-order valence-corrected chi connectivity index (χ4v) is 5.37. The van der Waals surface area contributed by atoms with E-state index in [1.54, 1.807) is 0 Å². The number of piperidine rings is 1. The summed E-state index contributed by atoms with van der Waals surface area (Å²) in [4.78, 5) is 7.30. The molecule has 0 bridgehead atoms. The molecule has 4 N–H and O–H groups in total. The van der Waals surface area contributed by atoms with Crippen molar-refractivity contribution in [3.05, 3.63) is 65.5 Å². The van der Waals surface area contributed by atoms with Crippen LogP contribution in [0.4, 0.5) is 0 Å². The predicted octanol–water partition coefficient (Wildman–Crippen LogP) is 6.13. The molecule has 1 fully saturated rings. The number of rotatable bonds is 6. The quantitative estimate of drug-likeness (QED) is 0.221. The second-order valence-corrected chi connectivity index (χ2v) is 10.2. The molecule has 1 aliphatic heterocycles. The number of imidazole rings is 1. The maximum Gasteiger partial charge on any atom is 0.124 e. The van der Waals surface area contributed by atoms with Crippen LogP contribution in [0.3, 0.4) is 0 Å². The third kappa shape index (κ3) is 4.43. The van der Waals surface area contributed by atoms with Crippen molar-refractivity contribution < 1.29 is 4.74 Å². The molecule has 2 heterocycles. The highest BCUT2D eigenvalue weighted by Crippen LogP contribution is 2.36. The highest BCUT2D eigenvalue weighted by Gasteiger charge is 2.24. The van der Waals surface area contributed by atoms with Gasteiger partial charge in [0.1, 0.15) is 23.5 Å². The predicted molar refractivity (Wildman–Crippen MR) is 152 cm³/mol. The Morgan fingerprint density at radius 2 is 1.78 bits per heavy atom. The standard InChI is InChI=1S/C30H36N6O/c1-5-18(2)30-34-28-19(3)27(37-21-14-16-35(17-15-21)20(4)31)13-12-26(28)36(30)25-11-10-24(29(32)33)22-8-6-7-9-23(22)25/h6-13,18,21,31H,5,14-17H2,1-4H3,(H3,32,33). The lowest BCUT2D eigenvalue weighted by Crippen LogP contribution is -2.40. The third-order valence-electron chi connectivity index (χ3n) is 7.75. The van der Waals surface area contributed by atoms with E-state index in [1.807, 2.05) is 31.2 Å². The van der Waals surface area contributed by atoms with Gasteiger partial charge in [0.15, 0.2) is 0 Å². The normalized spacial score (nSPS) is 15.3.